The molecule has 1 unspecified atom stereocenters. The maximum atomic E-state index is 11.7. The molecule has 0 radical (unpaired) electrons. The number of fused-ring (bicyclic) bond motifs is 1. The van der Waals surface area contributed by atoms with Gasteiger partial charge in [-0.1, -0.05) is 0 Å². The maximum absolute atomic E-state index is 11.7. The van der Waals surface area contributed by atoms with Crippen LogP contribution in [0.5, 0.6) is 0 Å². The Morgan fingerprint density at radius 3 is 3.00 bits per heavy atom. The standard InChI is InChI=1S/C9H12N4O2/c1-13(2)9(15)6-3-5-4-10-12-7(5)11-8(6)14/h4,6H,3H2,1-2H3,(H2,10,11,12,14). The molecule has 6 heteroatoms. The molecule has 1 aliphatic heterocycles. The molecule has 0 saturated heterocycles. The SMILES string of the molecule is CN(C)C(=O)C1Cc2c[nH]nc2NC1=O. The van der Waals surface area contributed by atoms with Crippen LogP contribution in [0, 0.1) is 5.92 Å². The monoisotopic (exact) mass is 208 g/mol. The Labute approximate surface area is 86.6 Å². The summed E-state index contributed by atoms with van der Waals surface area (Å²) < 4.78 is 0. The average Bonchev–Trinajstić information content (AvgIpc) is 2.62. The minimum Gasteiger partial charge on any atom is -0.348 e. The first-order chi connectivity index (χ1) is 7.09. The van der Waals surface area contributed by atoms with Crippen LogP contribution in [-0.4, -0.2) is 41.0 Å². The van der Waals surface area contributed by atoms with E-state index in [0.29, 0.717) is 12.2 Å². The smallest absolute Gasteiger partial charge is 0.238 e. The Bertz CT molecular complexity index is 410. The Kier molecular flexibility index (Phi) is 2.18. The van der Waals surface area contributed by atoms with Crippen LogP contribution in [0.15, 0.2) is 6.20 Å². The maximum Gasteiger partial charge on any atom is 0.238 e. The third-order valence-electron chi connectivity index (χ3n) is 2.44. The number of aromatic nitrogens is 2. The van der Waals surface area contributed by atoms with Crippen LogP contribution in [-0.2, 0) is 16.0 Å². The lowest BCUT2D eigenvalue weighted by molar-refractivity contribution is -0.138. The first kappa shape index (κ1) is 9.70. The van der Waals surface area contributed by atoms with E-state index in [1.54, 1.807) is 20.3 Å². The van der Waals surface area contributed by atoms with Gasteiger partial charge in [-0.25, -0.2) is 0 Å². The predicted molar refractivity (Wildman–Crippen MR) is 53.1 cm³/mol. The molecule has 2 heterocycles. The number of anilines is 1. The zero-order valence-corrected chi connectivity index (χ0v) is 8.57. The van der Waals surface area contributed by atoms with E-state index in [1.807, 2.05) is 0 Å². The Balaban J connectivity index is 2.24. The van der Waals surface area contributed by atoms with Gasteiger partial charge in [0.1, 0.15) is 5.92 Å². The molecular formula is C9H12N4O2. The summed E-state index contributed by atoms with van der Waals surface area (Å²) in [5.74, 6) is -0.569. The molecule has 0 aliphatic carbocycles. The number of nitrogens with one attached hydrogen (secondary N) is 2. The summed E-state index contributed by atoms with van der Waals surface area (Å²) in [4.78, 5) is 24.7. The molecule has 0 saturated carbocycles. The van der Waals surface area contributed by atoms with Gasteiger partial charge in [-0.05, 0) is 6.42 Å². The molecule has 1 aromatic heterocycles. The van der Waals surface area contributed by atoms with E-state index < -0.39 is 5.92 Å². The van der Waals surface area contributed by atoms with E-state index in [2.05, 4.69) is 15.5 Å². The third kappa shape index (κ3) is 1.58. The predicted octanol–water partition coefficient (Wildman–Crippen LogP) is -0.391. The van der Waals surface area contributed by atoms with Crippen molar-refractivity contribution < 1.29 is 9.59 Å². The van der Waals surface area contributed by atoms with Gasteiger partial charge in [0.15, 0.2) is 5.82 Å². The molecule has 1 aliphatic rings. The van der Waals surface area contributed by atoms with Crippen LogP contribution in [0.3, 0.4) is 0 Å². The minimum atomic E-state index is -0.634. The first-order valence-corrected chi connectivity index (χ1v) is 4.64. The van der Waals surface area contributed by atoms with Gasteiger partial charge in [0, 0.05) is 25.9 Å². The number of rotatable bonds is 1. The normalized spacial score (nSPS) is 19.3. The highest BCUT2D eigenvalue weighted by Gasteiger charge is 2.33. The topological polar surface area (TPSA) is 78.1 Å². The molecule has 1 atom stereocenters. The highest BCUT2D eigenvalue weighted by molar-refractivity contribution is 6.08. The van der Waals surface area contributed by atoms with E-state index >= 15 is 0 Å². The number of aromatic amines is 1. The lowest BCUT2D eigenvalue weighted by Crippen LogP contribution is -2.41. The van der Waals surface area contributed by atoms with Gasteiger partial charge >= 0.3 is 0 Å². The lowest BCUT2D eigenvalue weighted by atomic mass is 9.95. The molecule has 2 amide bonds. The van der Waals surface area contributed by atoms with Crippen molar-refractivity contribution in [2.75, 3.05) is 19.4 Å². The van der Waals surface area contributed by atoms with Crippen LogP contribution in [0.25, 0.3) is 0 Å². The molecule has 2 N–H and O–H groups in total. The van der Waals surface area contributed by atoms with Crippen molar-refractivity contribution >= 4 is 17.6 Å². The van der Waals surface area contributed by atoms with Crippen molar-refractivity contribution in [3.63, 3.8) is 0 Å². The van der Waals surface area contributed by atoms with Gasteiger partial charge < -0.3 is 10.2 Å². The van der Waals surface area contributed by atoms with Gasteiger partial charge in [0.2, 0.25) is 11.8 Å². The van der Waals surface area contributed by atoms with Crippen molar-refractivity contribution in [2.45, 2.75) is 6.42 Å². The Hall–Kier alpha value is -1.85. The summed E-state index contributed by atoms with van der Waals surface area (Å²) in [7, 11) is 3.28. The van der Waals surface area contributed by atoms with Gasteiger partial charge in [-0.15, -0.1) is 0 Å². The third-order valence-corrected chi connectivity index (χ3v) is 2.44. The summed E-state index contributed by atoms with van der Waals surface area (Å²) in [5, 5.41) is 9.12. The fourth-order valence-electron chi connectivity index (χ4n) is 1.61. The molecule has 80 valence electrons. The van der Waals surface area contributed by atoms with Crippen molar-refractivity contribution in [3.05, 3.63) is 11.8 Å². The molecule has 15 heavy (non-hydrogen) atoms. The van der Waals surface area contributed by atoms with Crippen molar-refractivity contribution in [3.8, 4) is 0 Å². The molecule has 0 fully saturated rings. The second-order valence-electron chi connectivity index (χ2n) is 3.74. The molecule has 0 spiro atoms. The van der Waals surface area contributed by atoms with Crippen LogP contribution in [0.1, 0.15) is 5.56 Å². The number of carbonyl (C=O) groups excluding carboxylic acids is 2. The lowest BCUT2D eigenvalue weighted by Gasteiger charge is -2.23. The molecule has 2 rings (SSSR count). The molecular weight excluding hydrogens is 196 g/mol. The van der Waals surface area contributed by atoms with Crippen molar-refractivity contribution in [1.82, 2.24) is 15.1 Å². The van der Waals surface area contributed by atoms with Crippen LogP contribution >= 0.6 is 0 Å². The highest BCUT2D eigenvalue weighted by Crippen LogP contribution is 2.23. The number of hydrogen-bond acceptors (Lipinski definition) is 3. The highest BCUT2D eigenvalue weighted by atomic mass is 16.2. The summed E-state index contributed by atoms with van der Waals surface area (Å²) in [5.41, 5.74) is 0.870. The molecule has 0 bridgehead atoms. The van der Waals surface area contributed by atoms with E-state index in [0.717, 1.165) is 5.56 Å². The van der Waals surface area contributed by atoms with Crippen LogP contribution in [0.2, 0.25) is 0 Å². The second kappa shape index (κ2) is 3.38. The largest absolute Gasteiger partial charge is 0.348 e. The average molecular weight is 208 g/mol. The zero-order valence-electron chi connectivity index (χ0n) is 8.57. The summed E-state index contributed by atoms with van der Waals surface area (Å²) in [6.07, 6.45) is 2.11. The molecule has 6 nitrogen and oxygen atoms in total. The van der Waals surface area contributed by atoms with E-state index in [4.69, 9.17) is 0 Å². The quantitative estimate of drug-likeness (QED) is 0.617. The molecule has 0 aromatic carbocycles. The van der Waals surface area contributed by atoms with E-state index in [9.17, 15) is 9.59 Å². The molecule has 1 aromatic rings. The number of nitrogens with zero attached hydrogens (tertiary/aromatic N) is 2. The van der Waals surface area contributed by atoms with Gasteiger partial charge in [-0.3, -0.25) is 14.7 Å². The van der Waals surface area contributed by atoms with Crippen molar-refractivity contribution in [2.24, 2.45) is 5.92 Å². The number of H-pyrrole nitrogens is 1. The Morgan fingerprint density at radius 2 is 2.33 bits per heavy atom. The fraction of sp³-hybridized carbons (Fsp3) is 0.444. The second-order valence-corrected chi connectivity index (χ2v) is 3.74. The zero-order chi connectivity index (χ0) is 11.0. The van der Waals surface area contributed by atoms with Gasteiger partial charge in [0.25, 0.3) is 0 Å². The summed E-state index contributed by atoms with van der Waals surface area (Å²) in [6.45, 7) is 0. The first-order valence-electron chi connectivity index (χ1n) is 4.64. The number of carbonyl (C=O) groups is 2. The van der Waals surface area contributed by atoms with Gasteiger partial charge in [-0.2, -0.15) is 5.10 Å². The minimum absolute atomic E-state index is 0.181. The van der Waals surface area contributed by atoms with Gasteiger partial charge in [0.05, 0.1) is 0 Å². The Morgan fingerprint density at radius 1 is 1.60 bits per heavy atom. The summed E-state index contributed by atoms with van der Waals surface area (Å²) >= 11 is 0. The number of hydrogen-bond donors (Lipinski definition) is 2. The van der Waals surface area contributed by atoms with Crippen LogP contribution in [0.4, 0.5) is 5.82 Å². The van der Waals surface area contributed by atoms with Crippen LogP contribution < -0.4 is 5.32 Å². The summed E-state index contributed by atoms with van der Waals surface area (Å²) in [6, 6.07) is 0. The number of amides is 2. The fourth-order valence-corrected chi connectivity index (χ4v) is 1.61. The van der Waals surface area contributed by atoms with E-state index in [1.165, 1.54) is 4.90 Å². The van der Waals surface area contributed by atoms with E-state index in [-0.39, 0.29) is 11.8 Å². The van der Waals surface area contributed by atoms with Crippen molar-refractivity contribution in [1.29, 1.82) is 0 Å².